The minimum absolute atomic E-state index is 0.0632. The Bertz CT molecular complexity index is 1350. The van der Waals surface area contributed by atoms with Crippen molar-refractivity contribution in [2.45, 2.75) is 20.8 Å². The molecule has 0 bridgehead atoms. The quantitative estimate of drug-likeness (QED) is 0.172. The number of thiophene rings is 1. The van der Waals surface area contributed by atoms with E-state index in [0.717, 1.165) is 11.3 Å². The van der Waals surface area contributed by atoms with Gasteiger partial charge in [0.25, 0.3) is 5.69 Å². The Morgan fingerprint density at radius 3 is 2.63 bits per heavy atom. The van der Waals surface area contributed by atoms with E-state index in [1.165, 1.54) is 29.7 Å². The Balaban J connectivity index is 1.94. The number of benzene rings is 1. The molecule has 2 heterocycles. The highest BCUT2D eigenvalue weighted by Crippen LogP contribution is 2.35. The first-order valence-corrected chi connectivity index (χ1v) is 12.0. The maximum atomic E-state index is 12.5. The van der Waals surface area contributed by atoms with E-state index in [9.17, 15) is 25.0 Å². The summed E-state index contributed by atoms with van der Waals surface area (Å²) in [5.74, 6) is -1.16. The standard InChI is InChI=1S/C23H20N4O6S2/c1-4-32-22(28)18-13(3)19(23(29)33-5-2)35-21(18)25-11-15(10-24)20-26-17(12-34-20)14-7-6-8-16(9-14)27(30)31/h6-9,11-12,25H,4-5H2,1-3H3/b15-11-. The minimum atomic E-state index is -0.603. The number of hydrogen-bond acceptors (Lipinski definition) is 11. The number of nitro groups is 1. The maximum Gasteiger partial charge on any atom is 0.348 e. The van der Waals surface area contributed by atoms with Gasteiger partial charge in [-0.3, -0.25) is 10.1 Å². The fraction of sp³-hybridized carbons (Fsp3) is 0.217. The van der Waals surface area contributed by atoms with Gasteiger partial charge in [-0.15, -0.1) is 22.7 Å². The predicted octanol–water partition coefficient (Wildman–Crippen LogP) is 5.42. The third-order valence-electron chi connectivity index (χ3n) is 4.64. The number of carbonyl (C=O) groups excluding carboxylic acids is 2. The molecule has 10 nitrogen and oxygen atoms in total. The van der Waals surface area contributed by atoms with E-state index in [4.69, 9.17) is 9.47 Å². The smallest absolute Gasteiger partial charge is 0.348 e. The highest BCUT2D eigenvalue weighted by Gasteiger charge is 2.26. The zero-order valence-electron chi connectivity index (χ0n) is 19.0. The van der Waals surface area contributed by atoms with E-state index in [2.05, 4.69) is 16.4 Å². The van der Waals surface area contributed by atoms with E-state index >= 15 is 0 Å². The van der Waals surface area contributed by atoms with E-state index in [-0.39, 0.29) is 34.9 Å². The summed E-state index contributed by atoms with van der Waals surface area (Å²) >= 11 is 2.21. The van der Waals surface area contributed by atoms with Crippen LogP contribution in [0.4, 0.5) is 10.7 Å². The van der Waals surface area contributed by atoms with Gasteiger partial charge >= 0.3 is 11.9 Å². The molecule has 3 aromatic rings. The number of hydrogen-bond donors (Lipinski definition) is 1. The zero-order chi connectivity index (χ0) is 25.5. The third kappa shape index (κ3) is 5.71. The lowest BCUT2D eigenvalue weighted by atomic mass is 10.1. The van der Waals surface area contributed by atoms with E-state index < -0.39 is 16.9 Å². The maximum absolute atomic E-state index is 12.5. The van der Waals surface area contributed by atoms with Crippen LogP contribution in [0.15, 0.2) is 35.8 Å². The summed E-state index contributed by atoms with van der Waals surface area (Å²) in [7, 11) is 0. The summed E-state index contributed by atoms with van der Waals surface area (Å²) < 4.78 is 10.2. The average molecular weight is 513 g/mol. The molecule has 0 aliphatic carbocycles. The number of rotatable bonds is 9. The number of non-ortho nitro benzene ring substituents is 1. The first kappa shape index (κ1) is 25.5. The van der Waals surface area contributed by atoms with Gasteiger partial charge in [-0.2, -0.15) is 5.26 Å². The molecule has 1 aromatic carbocycles. The third-order valence-corrected chi connectivity index (χ3v) is 6.72. The van der Waals surface area contributed by atoms with E-state index in [1.54, 1.807) is 38.3 Å². The summed E-state index contributed by atoms with van der Waals surface area (Å²) in [6.45, 7) is 5.32. The zero-order valence-corrected chi connectivity index (χ0v) is 20.6. The van der Waals surface area contributed by atoms with Crippen LogP contribution in [0.3, 0.4) is 0 Å². The van der Waals surface area contributed by atoms with Crippen LogP contribution in [0.5, 0.6) is 0 Å². The molecule has 0 saturated carbocycles. The van der Waals surface area contributed by atoms with Crippen molar-refractivity contribution in [1.82, 2.24) is 4.98 Å². The summed E-state index contributed by atoms with van der Waals surface area (Å²) in [5.41, 5.74) is 1.74. The Morgan fingerprint density at radius 1 is 1.26 bits per heavy atom. The summed E-state index contributed by atoms with van der Waals surface area (Å²) in [4.78, 5) is 40.1. The van der Waals surface area contributed by atoms with Gasteiger partial charge < -0.3 is 14.8 Å². The largest absolute Gasteiger partial charge is 0.462 e. The van der Waals surface area contributed by atoms with Gasteiger partial charge in [0.15, 0.2) is 0 Å². The summed E-state index contributed by atoms with van der Waals surface area (Å²) in [6.07, 6.45) is 1.39. The monoisotopic (exact) mass is 512 g/mol. The number of nitro benzene ring substituents is 1. The highest BCUT2D eigenvalue weighted by molar-refractivity contribution is 7.18. The van der Waals surface area contributed by atoms with Crippen LogP contribution in [0.1, 0.15) is 44.4 Å². The molecule has 0 aliphatic rings. The molecule has 12 heteroatoms. The SMILES string of the molecule is CCOC(=O)c1sc(N/C=C(/C#N)c2nc(-c3cccc([N+](=O)[O-])c3)cs2)c(C(=O)OCC)c1C. The number of aromatic nitrogens is 1. The number of anilines is 1. The molecule has 0 saturated heterocycles. The Hall–Kier alpha value is -4.08. The number of carbonyl (C=O) groups is 2. The van der Waals surface area contributed by atoms with Crippen LogP contribution >= 0.6 is 22.7 Å². The normalized spacial score (nSPS) is 11.0. The van der Waals surface area contributed by atoms with Crippen LogP contribution in [-0.4, -0.2) is 35.1 Å². The Morgan fingerprint density at radius 2 is 1.97 bits per heavy atom. The number of ether oxygens (including phenoxy) is 2. The van der Waals surface area contributed by atoms with Crippen molar-refractivity contribution in [2.24, 2.45) is 0 Å². The number of nitriles is 1. The van der Waals surface area contributed by atoms with Gasteiger partial charge in [0.05, 0.1) is 29.4 Å². The number of esters is 2. The lowest BCUT2D eigenvalue weighted by Gasteiger charge is -2.05. The lowest BCUT2D eigenvalue weighted by molar-refractivity contribution is -0.384. The van der Waals surface area contributed by atoms with Crippen LogP contribution in [0, 0.1) is 28.4 Å². The molecule has 0 fully saturated rings. The van der Waals surface area contributed by atoms with E-state index in [0.29, 0.717) is 26.8 Å². The fourth-order valence-electron chi connectivity index (χ4n) is 3.04. The topological polar surface area (TPSA) is 144 Å². The minimum Gasteiger partial charge on any atom is -0.462 e. The van der Waals surface area contributed by atoms with Crippen molar-refractivity contribution in [3.05, 3.63) is 67.0 Å². The molecule has 0 spiro atoms. The first-order valence-electron chi connectivity index (χ1n) is 10.4. The van der Waals surface area contributed by atoms with Crippen molar-refractivity contribution < 1.29 is 24.0 Å². The van der Waals surface area contributed by atoms with Crippen LogP contribution in [0.2, 0.25) is 0 Å². The molecular formula is C23H20N4O6S2. The Labute approximate surface area is 208 Å². The van der Waals surface area contributed by atoms with Gasteiger partial charge in [-0.05, 0) is 26.3 Å². The van der Waals surface area contributed by atoms with Gasteiger partial charge in [0.2, 0.25) is 0 Å². The number of thiazole rings is 1. The molecule has 2 aromatic heterocycles. The first-order chi connectivity index (χ1) is 16.8. The highest BCUT2D eigenvalue weighted by atomic mass is 32.1. The molecular weight excluding hydrogens is 492 g/mol. The molecule has 0 atom stereocenters. The molecule has 0 radical (unpaired) electrons. The van der Waals surface area contributed by atoms with Gasteiger partial charge in [0.1, 0.15) is 26.5 Å². The molecule has 35 heavy (non-hydrogen) atoms. The average Bonchev–Trinajstić information content (AvgIpc) is 3.45. The van der Waals surface area contributed by atoms with E-state index in [1.807, 2.05) is 0 Å². The second kappa shape index (κ2) is 11.4. The molecule has 1 N–H and O–H groups in total. The predicted molar refractivity (Wildman–Crippen MR) is 132 cm³/mol. The Kier molecular flexibility index (Phi) is 8.30. The van der Waals surface area contributed by atoms with Crippen molar-refractivity contribution in [3.8, 4) is 17.3 Å². The van der Waals surface area contributed by atoms with Crippen LogP contribution in [-0.2, 0) is 9.47 Å². The second-order valence-corrected chi connectivity index (χ2v) is 8.74. The van der Waals surface area contributed by atoms with Gasteiger partial charge in [0, 0.05) is 29.3 Å². The number of nitrogens with one attached hydrogen (secondary N) is 1. The van der Waals surface area contributed by atoms with Gasteiger partial charge in [-0.25, -0.2) is 14.6 Å². The molecule has 3 rings (SSSR count). The molecule has 0 amide bonds. The molecule has 0 unspecified atom stereocenters. The molecule has 0 aliphatic heterocycles. The summed E-state index contributed by atoms with van der Waals surface area (Å²) in [5, 5.41) is 26.1. The van der Waals surface area contributed by atoms with Gasteiger partial charge in [-0.1, -0.05) is 12.1 Å². The van der Waals surface area contributed by atoms with Crippen LogP contribution < -0.4 is 5.32 Å². The fourth-order valence-corrected chi connectivity index (χ4v) is 4.90. The van der Waals surface area contributed by atoms with Crippen molar-refractivity contribution in [1.29, 1.82) is 5.26 Å². The number of allylic oxidation sites excluding steroid dienone is 1. The van der Waals surface area contributed by atoms with Crippen molar-refractivity contribution in [3.63, 3.8) is 0 Å². The second-order valence-electron chi connectivity index (χ2n) is 6.86. The summed E-state index contributed by atoms with van der Waals surface area (Å²) in [6, 6.07) is 8.10. The van der Waals surface area contributed by atoms with Crippen molar-refractivity contribution >= 4 is 50.9 Å². The van der Waals surface area contributed by atoms with Crippen molar-refractivity contribution in [2.75, 3.05) is 18.5 Å². The number of nitrogens with zero attached hydrogens (tertiary/aromatic N) is 3. The van der Waals surface area contributed by atoms with Crippen LogP contribution in [0.25, 0.3) is 16.8 Å². The lowest BCUT2D eigenvalue weighted by Crippen LogP contribution is -2.09. The molecule has 180 valence electrons.